The zero-order valence-corrected chi connectivity index (χ0v) is 27.1. The number of rotatable bonds is 19. The lowest BCUT2D eigenvalue weighted by atomic mass is 9.55. The molecule has 0 saturated heterocycles. The molecule has 232 valence electrons. The van der Waals surface area contributed by atoms with Crippen LogP contribution < -0.4 is 0 Å². The van der Waals surface area contributed by atoms with Gasteiger partial charge in [0.2, 0.25) is 0 Å². The molecule has 7 atom stereocenters. The Hall–Kier alpha value is -0.860. The summed E-state index contributed by atoms with van der Waals surface area (Å²) in [6, 6.07) is 0. The molecule has 0 amide bonds. The lowest BCUT2D eigenvalue weighted by Crippen LogP contribution is -2.43. The standard InChI is InChI=1S/C37H66O3/c1-5-6-7-8-9-10-11-12-13-14-15-16-17-29(4)30-20-22-34-31(26-30)18-19-32-27-33(21-23-35(32)34)40-37(39)25-24-36(38)28(2)3/h28-35H,5-27H2,1-4H3/t29?,30-,31-,32-,33-,34?,35-/m0/s1. The molecule has 0 N–H and O–H groups in total. The van der Waals surface area contributed by atoms with Gasteiger partial charge >= 0.3 is 5.97 Å². The van der Waals surface area contributed by atoms with Crippen molar-refractivity contribution in [3.8, 4) is 0 Å². The van der Waals surface area contributed by atoms with E-state index >= 15 is 0 Å². The van der Waals surface area contributed by atoms with Crippen molar-refractivity contribution in [2.45, 2.75) is 181 Å². The Balaban J connectivity index is 1.25. The summed E-state index contributed by atoms with van der Waals surface area (Å²) in [6.07, 6.45) is 29.9. The van der Waals surface area contributed by atoms with Crippen molar-refractivity contribution in [3.63, 3.8) is 0 Å². The first-order chi connectivity index (χ1) is 19.4. The highest BCUT2D eigenvalue weighted by Gasteiger charge is 2.45. The van der Waals surface area contributed by atoms with Crippen molar-refractivity contribution in [2.75, 3.05) is 0 Å². The largest absolute Gasteiger partial charge is 0.462 e. The number of hydrogen-bond acceptors (Lipinski definition) is 3. The molecule has 3 aliphatic rings. The van der Waals surface area contributed by atoms with Crippen molar-refractivity contribution in [1.29, 1.82) is 0 Å². The number of esters is 1. The van der Waals surface area contributed by atoms with Crippen LogP contribution in [0.25, 0.3) is 0 Å². The highest BCUT2D eigenvalue weighted by Crippen LogP contribution is 2.53. The van der Waals surface area contributed by atoms with E-state index < -0.39 is 0 Å². The molecular weight excluding hydrogens is 492 g/mol. The molecule has 0 aromatic heterocycles. The van der Waals surface area contributed by atoms with Crippen LogP contribution in [0.5, 0.6) is 0 Å². The minimum absolute atomic E-state index is 0.00544. The molecule has 3 saturated carbocycles. The Labute approximate surface area is 248 Å². The van der Waals surface area contributed by atoms with E-state index in [1.807, 2.05) is 13.8 Å². The van der Waals surface area contributed by atoms with Crippen LogP contribution in [0.4, 0.5) is 0 Å². The summed E-state index contributed by atoms with van der Waals surface area (Å²) in [5.41, 5.74) is 0. The second kappa shape index (κ2) is 18.6. The number of unbranched alkanes of at least 4 members (excludes halogenated alkanes) is 11. The van der Waals surface area contributed by atoms with Crippen LogP contribution in [-0.4, -0.2) is 17.9 Å². The van der Waals surface area contributed by atoms with Crippen LogP contribution in [0.2, 0.25) is 0 Å². The number of ketones is 1. The summed E-state index contributed by atoms with van der Waals surface area (Å²) in [5, 5.41) is 0. The maximum atomic E-state index is 12.4. The van der Waals surface area contributed by atoms with Crippen molar-refractivity contribution in [1.82, 2.24) is 0 Å². The first-order valence-corrected chi connectivity index (χ1v) is 18.1. The molecule has 3 heteroatoms. The van der Waals surface area contributed by atoms with Crippen molar-refractivity contribution in [2.24, 2.45) is 41.4 Å². The molecule has 2 unspecified atom stereocenters. The number of fused-ring (bicyclic) bond motifs is 3. The predicted octanol–water partition coefficient (Wildman–Crippen LogP) is 10.9. The number of carbonyl (C=O) groups excluding carboxylic acids is 2. The smallest absolute Gasteiger partial charge is 0.306 e. The van der Waals surface area contributed by atoms with Gasteiger partial charge in [-0.25, -0.2) is 0 Å². The number of carbonyl (C=O) groups is 2. The fraction of sp³-hybridized carbons (Fsp3) is 0.946. The average molecular weight is 559 g/mol. The van der Waals surface area contributed by atoms with E-state index in [0.29, 0.717) is 6.42 Å². The molecule has 0 spiro atoms. The first-order valence-electron chi connectivity index (χ1n) is 18.1. The molecule has 0 aromatic carbocycles. The van der Waals surface area contributed by atoms with Crippen LogP contribution in [0, 0.1) is 41.4 Å². The van der Waals surface area contributed by atoms with E-state index in [9.17, 15) is 9.59 Å². The normalized spacial score (nSPS) is 29.0. The molecule has 0 heterocycles. The Morgan fingerprint density at radius 3 is 1.80 bits per heavy atom. The highest BCUT2D eigenvalue weighted by atomic mass is 16.5. The fourth-order valence-corrected chi connectivity index (χ4v) is 8.71. The minimum atomic E-state index is -0.159. The van der Waals surface area contributed by atoms with Gasteiger partial charge < -0.3 is 4.74 Å². The fourth-order valence-electron chi connectivity index (χ4n) is 8.71. The second-order valence-corrected chi connectivity index (χ2v) is 14.7. The molecule has 3 rings (SSSR count). The van der Waals surface area contributed by atoms with Gasteiger partial charge in [0.1, 0.15) is 11.9 Å². The monoisotopic (exact) mass is 559 g/mol. The quantitative estimate of drug-likeness (QED) is 0.117. The number of hydrogen-bond donors (Lipinski definition) is 0. The van der Waals surface area contributed by atoms with Crippen LogP contribution >= 0.6 is 0 Å². The van der Waals surface area contributed by atoms with E-state index in [0.717, 1.165) is 48.3 Å². The van der Waals surface area contributed by atoms with E-state index in [-0.39, 0.29) is 30.2 Å². The van der Waals surface area contributed by atoms with E-state index in [1.54, 1.807) is 0 Å². The Morgan fingerprint density at radius 1 is 0.650 bits per heavy atom. The Kier molecular flexibility index (Phi) is 15.7. The van der Waals surface area contributed by atoms with Gasteiger partial charge in [0.05, 0.1) is 6.42 Å². The maximum absolute atomic E-state index is 12.4. The molecular formula is C37H66O3. The number of Topliss-reactive ketones (excluding diaryl/α,β-unsaturated/α-hetero) is 1. The molecule has 0 radical (unpaired) electrons. The molecule has 0 aliphatic heterocycles. The van der Waals surface area contributed by atoms with Crippen LogP contribution in [0.1, 0.15) is 175 Å². The lowest BCUT2D eigenvalue weighted by Gasteiger charge is -2.51. The molecule has 40 heavy (non-hydrogen) atoms. The van der Waals surface area contributed by atoms with Crippen molar-refractivity contribution in [3.05, 3.63) is 0 Å². The summed E-state index contributed by atoms with van der Waals surface area (Å²) in [5.74, 6) is 5.36. The van der Waals surface area contributed by atoms with Gasteiger partial charge in [-0.2, -0.15) is 0 Å². The SMILES string of the molecule is CCCCCCCCCCCCCCC(C)[C@H]1CCC2[C@@H](CC[C@H]3C[C@@H](OC(=O)CCC(=O)C(C)C)CC[C@H]23)C1. The van der Waals surface area contributed by atoms with Crippen molar-refractivity contribution >= 4 is 11.8 Å². The second-order valence-electron chi connectivity index (χ2n) is 14.7. The summed E-state index contributed by atoms with van der Waals surface area (Å²) in [4.78, 5) is 24.2. The third-order valence-corrected chi connectivity index (χ3v) is 11.4. The summed E-state index contributed by atoms with van der Waals surface area (Å²) < 4.78 is 5.86. The van der Waals surface area contributed by atoms with Gasteiger partial charge in [0, 0.05) is 12.3 Å². The topological polar surface area (TPSA) is 43.4 Å². The molecule has 3 aliphatic carbocycles. The van der Waals surface area contributed by atoms with Gasteiger partial charge in [-0.15, -0.1) is 0 Å². The zero-order valence-electron chi connectivity index (χ0n) is 27.1. The summed E-state index contributed by atoms with van der Waals surface area (Å²) in [7, 11) is 0. The van der Waals surface area contributed by atoms with Gasteiger partial charge in [-0.3, -0.25) is 9.59 Å². The molecule has 0 bridgehead atoms. The average Bonchev–Trinajstić information content (AvgIpc) is 2.95. The minimum Gasteiger partial charge on any atom is -0.462 e. The van der Waals surface area contributed by atoms with Gasteiger partial charge in [0.15, 0.2) is 0 Å². The lowest BCUT2D eigenvalue weighted by molar-refractivity contribution is -0.154. The van der Waals surface area contributed by atoms with E-state index in [4.69, 9.17) is 4.74 Å². The summed E-state index contributed by atoms with van der Waals surface area (Å²) in [6.45, 7) is 8.66. The molecule has 3 nitrogen and oxygen atoms in total. The van der Waals surface area contributed by atoms with Crippen LogP contribution in [0.3, 0.4) is 0 Å². The Bertz CT molecular complexity index is 714. The first kappa shape index (κ1) is 33.6. The van der Waals surface area contributed by atoms with Crippen LogP contribution in [-0.2, 0) is 14.3 Å². The van der Waals surface area contributed by atoms with Gasteiger partial charge in [-0.1, -0.05) is 111 Å². The van der Waals surface area contributed by atoms with E-state index in [1.165, 1.54) is 122 Å². The predicted molar refractivity (Wildman–Crippen MR) is 168 cm³/mol. The third kappa shape index (κ3) is 11.4. The maximum Gasteiger partial charge on any atom is 0.306 e. The zero-order chi connectivity index (χ0) is 28.7. The third-order valence-electron chi connectivity index (χ3n) is 11.4. The number of ether oxygens (including phenoxy) is 1. The summed E-state index contributed by atoms with van der Waals surface area (Å²) >= 11 is 0. The van der Waals surface area contributed by atoms with Crippen molar-refractivity contribution < 1.29 is 14.3 Å². The molecule has 3 fully saturated rings. The van der Waals surface area contributed by atoms with Gasteiger partial charge in [-0.05, 0) is 86.9 Å². The van der Waals surface area contributed by atoms with Gasteiger partial charge in [0.25, 0.3) is 0 Å². The molecule has 0 aromatic rings. The highest BCUT2D eigenvalue weighted by molar-refractivity contribution is 5.84. The Morgan fingerprint density at radius 2 is 1.20 bits per heavy atom. The van der Waals surface area contributed by atoms with E-state index in [2.05, 4.69) is 13.8 Å². The van der Waals surface area contributed by atoms with Crippen LogP contribution in [0.15, 0.2) is 0 Å².